The second-order valence-corrected chi connectivity index (χ2v) is 6.71. The lowest BCUT2D eigenvalue weighted by Crippen LogP contribution is -2.33. The quantitative estimate of drug-likeness (QED) is 0.398. The van der Waals surface area contributed by atoms with Gasteiger partial charge in [0, 0.05) is 0 Å². The Morgan fingerprint density at radius 1 is 0.714 bits per heavy atom. The lowest BCUT2D eigenvalue weighted by molar-refractivity contribution is -0.222. The standard InChI is InChI=1S/C15H32O6/c1-13(2,16)19-10-7-8-12(21-15(5,6)18)9-11-20-14(3,4)17/h12,16-18H,7-11H2,1-6H3. The second-order valence-electron chi connectivity index (χ2n) is 6.71. The molecule has 0 aromatic carbocycles. The van der Waals surface area contributed by atoms with Crippen LogP contribution in [0.25, 0.3) is 0 Å². The van der Waals surface area contributed by atoms with E-state index in [2.05, 4.69) is 0 Å². The van der Waals surface area contributed by atoms with E-state index >= 15 is 0 Å². The fourth-order valence-electron chi connectivity index (χ4n) is 1.74. The maximum Gasteiger partial charge on any atom is 0.160 e. The summed E-state index contributed by atoms with van der Waals surface area (Å²) >= 11 is 0. The van der Waals surface area contributed by atoms with Gasteiger partial charge in [-0.25, -0.2) is 0 Å². The third-order valence-electron chi connectivity index (χ3n) is 2.48. The Morgan fingerprint density at radius 3 is 1.62 bits per heavy atom. The molecule has 6 heteroatoms. The molecule has 0 aromatic heterocycles. The maximum absolute atomic E-state index is 9.75. The monoisotopic (exact) mass is 308 g/mol. The van der Waals surface area contributed by atoms with Crippen molar-refractivity contribution in [3.8, 4) is 0 Å². The molecule has 1 atom stereocenters. The zero-order valence-electron chi connectivity index (χ0n) is 14.2. The normalized spacial score (nSPS) is 15.3. The molecule has 0 amide bonds. The van der Waals surface area contributed by atoms with Gasteiger partial charge in [-0.15, -0.1) is 0 Å². The van der Waals surface area contributed by atoms with Gasteiger partial charge in [0.05, 0.1) is 19.3 Å². The fourth-order valence-corrected chi connectivity index (χ4v) is 1.74. The molecule has 0 fully saturated rings. The van der Waals surface area contributed by atoms with Crippen molar-refractivity contribution < 1.29 is 29.5 Å². The Labute approximate surface area is 128 Å². The Balaban J connectivity index is 4.15. The van der Waals surface area contributed by atoms with Crippen LogP contribution in [0.15, 0.2) is 0 Å². The SMILES string of the molecule is CC(C)(O)OCCCC(CCOC(C)(C)O)OC(C)(C)O. The molecule has 0 spiro atoms. The molecule has 0 aliphatic carbocycles. The number of rotatable bonds is 11. The van der Waals surface area contributed by atoms with Gasteiger partial charge in [0.2, 0.25) is 0 Å². The Bertz CT molecular complexity index is 271. The molecule has 0 aliphatic heterocycles. The van der Waals surface area contributed by atoms with Crippen molar-refractivity contribution in [2.45, 2.75) is 84.3 Å². The molecule has 1 unspecified atom stereocenters. The first-order valence-corrected chi connectivity index (χ1v) is 7.41. The van der Waals surface area contributed by atoms with Gasteiger partial charge in [0.25, 0.3) is 0 Å². The molecule has 128 valence electrons. The average molecular weight is 308 g/mol. The molecule has 0 aromatic rings. The first-order valence-electron chi connectivity index (χ1n) is 7.41. The predicted molar refractivity (Wildman–Crippen MR) is 79.5 cm³/mol. The van der Waals surface area contributed by atoms with Crippen LogP contribution in [0.5, 0.6) is 0 Å². The zero-order valence-corrected chi connectivity index (χ0v) is 14.2. The third-order valence-corrected chi connectivity index (χ3v) is 2.48. The van der Waals surface area contributed by atoms with E-state index in [1.165, 1.54) is 0 Å². The van der Waals surface area contributed by atoms with Gasteiger partial charge in [-0.2, -0.15) is 0 Å². The van der Waals surface area contributed by atoms with Crippen molar-refractivity contribution in [2.75, 3.05) is 13.2 Å². The smallest absolute Gasteiger partial charge is 0.160 e. The lowest BCUT2D eigenvalue weighted by atomic mass is 10.1. The molecule has 0 rings (SSSR count). The molecule has 0 saturated carbocycles. The molecule has 3 N–H and O–H groups in total. The summed E-state index contributed by atoms with van der Waals surface area (Å²) in [7, 11) is 0. The van der Waals surface area contributed by atoms with Gasteiger partial charge >= 0.3 is 0 Å². The van der Waals surface area contributed by atoms with Crippen LogP contribution in [-0.4, -0.2) is 52.0 Å². The van der Waals surface area contributed by atoms with Crippen LogP contribution in [0.1, 0.15) is 60.8 Å². The van der Waals surface area contributed by atoms with Crippen LogP contribution < -0.4 is 0 Å². The highest BCUT2D eigenvalue weighted by Crippen LogP contribution is 2.17. The molecule has 0 heterocycles. The molecule has 0 bridgehead atoms. The van der Waals surface area contributed by atoms with E-state index in [-0.39, 0.29) is 6.10 Å². The Morgan fingerprint density at radius 2 is 1.19 bits per heavy atom. The average Bonchev–Trinajstić information content (AvgIpc) is 2.18. The highest BCUT2D eigenvalue weighted by Gasteiger charge is 2.22. The van der Waals surface area contributed by atoms with Crippen LogP contribution in [0, 0.1) is 0 Å². The molecule has 0 radical (unpaired) electrons. The zero-order chi connectivity index (χ0) is 16.7. The molecular weight excluding hydrogens is 276 g/mol. The summed E-state index contributed by atoms with van der Waals surface area (Å²) in [4.78, 5) is 0. The van der Waals surface area contributed by atoms with Crippen LogP contribution in [0.2, 0.25) is 0 Å². The number of hydrogen-bond donors (Lipinski definition) is 3. The van der Waals surface area contributed by atoms with Gasteiger partial charge in [-0.3, -0.25) is 0 Å². The first-order chi connectivity index (χ1) is 9.29. The van der Waals surface area contributed by atoms with E-state index < -0.39 is 17.4 Å². The van der Waals surface area contributed by atoms with Crippen molar-refractivity contribution in [3.05, 3.63) is 0 Å². The third kappa shape index (κ3) is 16.0. The summed E-state index contributed by atoms with van der Waals surface area (Å²) in [6, 6.07) is 0. The van der Waals surface area contributed by atoms with Crippen molar-refractivity contribution >= 4 is 0 Å². The summed E-state index contributed by atoms with van der Waals surface area (Å²) in [6.07, 6.45) is 1.69. The summed E-state index contributed by atoms with van der Waals surface area (Å²) < 4.78 is 16.1. The van der Waals surface area contributed by atoms with Gasteiger partial charge in [-0.05, 0) is 60.8 Å². The van der Waals surface area contributed by atoms with E-state index in [1.807, 2.05) is 0 Å². The van der Waals surface area contributed by atoms with Gasteiger partial charge in [-0.1, -0.05) is 0 Å². The minimum absolute atomic E-state index is 0.210. The Kier molecular flexibility index (Phi) is 8.31. The number of ether oxygens (including phenoxy) is 3. The van der Waals surface area contributed by atoms with E-state index in [4.69, 9.17) is 14.2 Å². The molecule has 0 aliphatic rings. The van der Waals surface area contributed by atoms with Crippen molar-refractivity contribution in [3.63, 3.8) is 0 Å². The van der Waals surface area contributed by atoms with E-state index in [1.54, 1.807) is 41.5 Å². The summed E-state index contributed by atoms with van der Waals surface area (Å²) in [5, 5.41) is 28.7. The van der Waals surface area contributed by atoms with Gasteiger partial charge in [0.15, 0.2) is 17.4 Å². The van der Waals surface area contributed by atoms with E-state index in [9.17, 15) is 15.3 Å². The van der Waals surface area contributed by atoms with Crippen molar-refractivity contribution in [2.24, 2.45) is 0 Å². The topological polar surface area (TPSA) is 88.4 Å². The summed E-state index contributed by atoms with van der Waals surface area (Å²) in [5.41, 5.74) is 0. The molecular formula is C15H32O6. The van der Waals surface area contributed by atoms with Crippen LogP contribution >= 0.6 is 0 Å². The maximum atomic E-state index is 9.75. The predicted octanol–water partition coefficient (Wildman–Crippen LogP) is 1.76. The minimum atomic E-state index is -1.23. The molecule has 0 saturated heterocycles. The largest absolute Gasteiger partial charge is 0.366 e. The summed E-state index contributed by atoms with van der Waals surface area (Å²) in [5.74, 6) is -3.55. The highest BCUT2D eigenvalue weighted by atomic mass is 16.6. The van der Waals surface area contributed by atoms with Crippen LogP contribution in [0.4, 0.5) is 0 Å². The summed E-state index contributed by atoms with van der Waals surface area (Å²) in [6.45, 7) is 10.2. The fraction of sp³-hybridized carbons (Fsp3) is 1.00. The van der Waals surface area contributed by atoms with Gasteiger partial charge < -0.3 is 29.5 Å². The number of aliphatic hydroxyl groups is 3. The van der Waals surface area contributed by atoms with E-state index in [0.717, 1.165) is 0 Å². The lowest BCUT2D eigenvalue weighted by Gasteiger charge is -2.28. The molecule has 6 nitrogen and oxygen atoms in total. The number of hydrogen-bond acceptors (Lipinski definition) is 6. The minimum Gasteiger partial charge on any atom is -0.366 e. The van der Waals surface area contributed by atoms with Crippen molar-refractivity contribution in [1.82, 2.24) is 0 Å². The second kappa shape index (κ2) is 8.41. The Hall–Kier alpha value is -0.240. The van der Waals surface area contributed by atoms with Crippen LogP contribution in [0.3, 0.4) is 0 Å². The van der Waals surface area contributed by atoms with Crippen molar-refractivity contribution in [1.29, 1.82) is 0 Å². The van der Waals surface area contributed by atoms with E-state index in [0.29, 0.717) is 32.5 Å². The first kappa shape index (κ1) is 20.8. The van der Waals surface area contributed by atoms with Crippen LogP contribution in [-0.2, 0) is 14.2 Å². The van der Waals surface area contributed by atoms with Gasteiger partial charge in [0.1, 0.15) is 0 Å². The molecule has 21 heavy (non-hydrogen) atoms. The highest BCUT2D eigenvalue weighted by molar-refractivity contribution is 4.64.